The molecule has 11 aromatic rings. The van der Waals surface area contributed by atoms with Crippen molar-refractivity contribution in [3.05, 3.63) is 253 Å². The summed E-state index contributed by atoms with van der Waals surface area (Å²) >= 11 is 0. The molecule has 1 spiro atoms. The van der Waals surface area contributed by atoms with E-state index in [-0.39, 0.29) is 0 Å². The van der Waals surface area contributed by atoms with Crippen LogP contribution in [-0.2, 0) is 5.41 Å². The summed E-state index contributed by atoms with van der Waals surface area (Å²) in [5.41, 5.74) is 19.5. The van der Waals surface area contributed by atoms with Crippen molar-refractivity contribution in [2.24, 2.45) is 0 Å². The molecule has 2 nitrogen and oxygen atoms in total. The largest absolute Gasteiger partial charge is 0.310 e. The van der Waals surface area contributed by atoms with Gasteiger partial charge in [-0.2, -0.15) is 0 Å². The zero-order valence-corrected chi connectivity index (χ0v) is 33.3. The third-order valence-corrected chi connectivity index (χ3v) is 13.4. The topological polar surface area (TPSA) is 8.17 Å². The Morgan fingerprint density at radius 1 is 0.311 bits per heavy atom. The molecule has 0 amide bonds. The Balaban J connectivity index is 1.01. The van der Waals surface area contributed by atoms with Crippen molar-refractivity contribution in [1.29, 1.82) is 0 Å². The maximum absolute atomic E-state index is 2.48. The van der Waals surface area contributed by atoms with Crippen LogP contribution in [0, 0.1) is 0 Å². The molecule has 2 aliphatic rings. The van der Waals surface area contributed by atoms with Gasteiger partial charge in [0.2, 0.25) is 0 Å². The average Bonchev–Trinajstić information content (AvgIpc) is 3.94. The van der Waals surface area contributed by atoms with E-state index < -0.39 is 5.41 Å². The van der Waals surface area contributed by atoms with E-state index in [4.69, 9.17) is 0 Å². The van der Waals surface area contributed by atoms with Crippen LogP contribution in [0.15, 0.2) is 231 Å². The van der Waals surface area contributed by atoms with Crippen LogP contribution in [0.5, 0.6) is 0 Å². The fourth-order valence-electron chi connectivity index (χ4n) is 10.9. The molecule has 2 aliphatic carbocycles. The van der Waals surface area contributed by atoms with Gasteiger partial charge in [-0.05, 0) is 127 Å². The predicted molar refractivity (Wildman–Crippen MR) is 255 cm³/mol. The standard InChI is InChI=1S/C59H38N2/c1-2-16-45-39(14-1)15-13-22-46(45)40-28-30-41(31-29-40)60(42-32-34-43(35-33-42)61-57-26-11-6-20-51(57)52-21-7-12-27-58(52)61)44-36-37-50-49-19-5-10-25-55(49)59(56(50)38-44)53-23-8-3-17-47(53)48-18-4-9-24-54(48)59/h1-38H. The van der Waals surface area contributed by atoms with Crippen molar-refractivity contribution in [2.45, 2.75) is 5.41 Å². The van der Waals surface area contributed by atoms with Crippen molar-refractivity contribution < 1.29 is 0 Å². The minimum atomic E-state index is -0.431. The first kappa shape index (κ1) is 34.0. The summed E-state index contributed by atoms with van der Waals surface area (Å²) in [4.78, 5) is 2.44. The van der Waals surface area contributed by atoms with Crippen LogP contribution in [0.25, 0.3) is 71.6 Å². The first-order valence-corrected chi connectivity index (χ1v) is 21.2. The van der Waals surface area contributed by atoms with Crippen LogP contribution in [0.1, 0.15) is 22.3 Å². The van der Waals surface area contributed by atoms with Gasteiger partial charge in [-0.25, -0.2) is 0 Å². The van der Waals surface area contributed by atoms with Crippen LogP contribution in [0.2, 0.25) is 0 Å². The van der Waals surface area contributed by atoms with Crippen LogP contribution in [0.3, 0.4) is 0 Å². The monoisotopic (exact) mass is 774 g/mol. The van der Waals surface area contributed by atoms with Gasteiger partial charge in [0.15, 0.2) is 0 Å². The Labute approximate surface area is 354 Å². The third kappa shape index (κ3) is 4.79. The zero-order chi connectivity index (χ0) is 40.1. The number of fused-ring (bicyclic) bond motifs is 14. The molecule has 0 unspecified atom stereocenters. The van der Waals surface area contributed by atoms with E-state index in [1.165, 1.54) is 88.2 Å². The van der Waals surface area contributed by atoms with Crippen LogP contribution < -0.4 is 4.90 Å². The summed E-state index contributed by atoms with van der Waals surface area (Å²) in [5, 5.41) is 5.03. The highest BCUT2D eigenvalue weighted by Gasteiger charge is 2.51. The van der Waals surface area contributed by atoms with E-state index in [9.17, 15) is 0 Å². The molecule has 0 N–H and O–H groups in total. The maximum atomic E-state index is 2.48. The van der Waals surface area contributed by atoms with E-state index in [2.05, 4.69) is 240 Å². The van der Waals surface area contributed by atoms with Gasteiger partial charge >= 0.3 is 0 Å². The molecule has 284 valence electrons. The number of hydrogen-bond donors (Lipinski definition) is 0. The molecule has 0 bridgehead atoms. The SMILES string of the molecule is c1ccc2c(c1)-c1ccccc1C21c2ccccc2-c2ccc(N(c3ccc(-c4cccc5ccccc45)cc3)c3ccc(-n4c5ccccc5c5ccccc54)cc3)cc21. The van der Waals surface area contributed by atoms with Crippen molar-refractivity contribution >= 4 is 49.6 Å². The Hall–Kier alpha value is -7.94. The number of nitrogens with zero attached hydrogens (tertiary/aromatic N) is 2. The molecule has 0 fully saturated rings. The first-order valence-electron chi connectivity index (χ1n) is 21.2. The maximum Gasteiger partial charge on any atom is 0.0726 e. The lowest BCUT2D eigenvalue weighted by Crippen LogP contribution is -2.26. The lowest BCUT2D eigenvalue weighted by atomic mass is 9.70. The molecule has 0 saturated heterocycles. The lowest BCUT2D eigenvalue weighted by molar-refractivity contribution is 0.793. The van der Waals surface area contributed by atoms with Crippen molar-refractivity contribution in [1.82, 2.24) is 4.57 Å². The minimum Gasteiger partial charge on any atom is -0.310 e. The fourth-order valence-corrected chi connectivity index (χ4v) is 10.9. The number of para-hydroxylation sites is 2. The highest BCUT2D eigenvalue weighted by Crippen LogP contribution is 2.63. The first-order chi connectivity index (χ1) is 30.3. The van der Waals surface area contributed by atoms with Crippen molar-refractivity contribution in [3.8, 4) is 39.1 Å². The van der Waals surface area contributed by atoms with Gasteiger partial charge in [-0.3, -0.25) is 0 Å². The van der Waals surface area contributed by atoms with Gasteiger partial charge in [0.1, 0.15) is 0 Å². The number of aromatic nitrogens is 1. The van der Waals surface area contributed by atoms with Gasteiger partial charge in [0, 0.05) is 33.5 Å². The summed E-state index contributed by atoms with van der Waals surface area (Å²) < 4.78 is 2.39. The molecule has 0 radical (unpaired) electrons. The van der Waals surface area contributed by atoms with E-state index in [1.54, 1.807) is 0 Å². The second-order valence-corrected chi connectivity index (χ2v) is 16.4. The fraction of sp³-hybridized carbons (Fsp3) is 0.0169. The third-order valence-electron chi connectivity index (χ3n) is 13.4. The molecule has 0 saturated carbocycles. The highest BCUT2D eigenvalue weighted by atomic mass is 15.1. The Morgan fingerprint density at radius 3 is 1.36 bits per heavy atom. The van der Waals surface area contributed by atoms with E-state index in [1.807, 2.05) is 0 Å². The van der Waals surface area contributed by atoms with Gasteiger partial charge < -0.3 is 9.47 Å². The molecule has 61 heavy (non-hydrogen) atoms. The number of anilines is 3. The molecular weight excluding hydrogens is 737 g/mol. The van der Waals surface area contributed by atoms with Gasteiger partial charge in [-0.15, -0.1) is 0 Å². The highest BCUT2D eigenvalue weighted by molar-refractivity contribution is 6.09. The lowest BCUT2D eigenvalue weighted by Gasteiger charge is -2.32. The summed E-state index contributed by atoms with van der Waals surface area (Å²) in [7, 11) is 0. The Kier molecular flexibility index (Phi) is 7.26. The molecule has 0 atom stereocenters. The quantitative estimate of drug-likeness (QED) is 0.169. The van der Waals surface area contributed by atoms with Gasteiger partial charge in [0.05, 0.1) is 16.4 Å². The van der Waals surface area contributed by atoms with Crippen LogP contribution in [-0.4, -0.2) is 4.57 Å². The normalized spacial score (nSPS) is 13.0. The van der Waals surface area contributed by atoms with E-state index in [0.29, 0.717) is 0 Å². The molecule has 2 heteroatoms. The van der Waals surface area contributed by atoms with Crippen LogP contribution in [0.4, 0.5) is 17.1 Å². The molecule has 1 heterocycles. The predicted octanol–water partition coefficient (Wildman–Crippen LogP) is 15.4. The summed E-state index contributed by atoms with van der Waals surface area (Å²) in [5.74, 6) is 0. The zero-order valence-electron chi connectivity index (χ0n) is 33.3. The van der Waals surface area contributed by atoms with Gasteiger partial charge in [-0.1, -0.05) is 170 Å². The molecule has 10 aromatic carbocycles. The van der Waals surface area contributed by atoms with E-state index >= 15 is 0 Å². The molecule has 1 aromatic heterocycles. The second-order valence-electron chi connectivity index (χ2n) is 16.4. The second kappa shape index (κ2) is 13.0. The number of benzene rings is 10. The summed E-state index contributed by atoms with van der Waals surface area (Å²) in [6.45, 7) is 0. The number of hydrogen-bond acceptors (Lipinski definition) is 1. The smallest absolute Gasteiger partial charge is 0.0726 e. The molecule has 0 aliphatic heterocycles. The van der Waals surface area contributed by atoms with Crippen molar-refractivity contribution in [2.75, 3.05) is 4.90 Å². The number of rotatable bonds is 5. The van der Waals surface area contributed by atoms with Crippen molar-refractivity contribution in [3.63, 3.8) is 0 Å². The van der Waals surface area contributed by atoms with E-state index in [0.717, 1.165) is 22.7 Å². The Morgan fingerprint density at radius 2 is 0.754 bits per heavy atom. The molecular formula is C59H38N2. The minimum absolute atomic E-state index is 0.431. The summed E-state index contributed by atoms with van der Waals surface area (Å²) in [6.07, 6.45) is 0. The van der Waals surface area contributed by atoms with Crippen LogP contribution >= 0.6 is 0 Å². The summed E-state index contributed by atoms with van der Waals surface area (Å²) in [6, 6.07) is 85.3. The average molecular weight is 775 g/mol. The Bertz CT molecular complexity index is 3410. The van der Waals surface area contributed by atoms with Gasteiger partial charge in [0.25, 0.3) is 0 Å². The molecule has 13 rings (SSSR count).